The second-order valence-corrected chi connectivity index (χ2v) is 3.10. The Bertz CT molecular complexity index is 479. The van der Waals surface area contributed by atoms with Crippen molar-refractivity contribution in [1.29, 1.82) is 0 Å². The Morgan fingerprint density at radius 3 is 2.60 bits per heavy atom. The lowest BCUT2D eigenvalue weighted by molar-refractivity contribution is 0.111. The molecule has 0 fully saturated rings. The Kier molecular flexibility index (Phi) is 2.54. The molecule has 0 N–H and O–H groups in total. The summed E-state index contributed by atoms with van der Waals surface area (Å²) < 4.78 is 12.9. The van der Waals surface area contributed by atoms with Crippen molar-refractivity contribution in [3.63, 3.8) is 0 Å². The Hall–Kier alpha value is -2.03. The van der Waals surface area contributed by atoms with Crippen LogP contribution in [0.3, 0.4) is 0 Å². The first-order valence-corrected chi connectivity index (χ1v) is 4.47. The van der Waals surface area contributed by atoms with E-state index in [0.717, 1.165) is 11.1 Å². The van der Waals surface area contributed by atoms with Gasteiger partial charge in [0.2, 0.25) is 0 Å². The van der Waals surface area contributed by atoms with Gasteiger partial charge in [-0.2, -0.15) is 0 Å². The zero-order valence-electron chi connectivity index (χ0n) is 7.85. The molecule has 0 radical (unpaired) electrons. The van der Waals surface area contributed by atoms with Crippen LogP contribution in [-0.2, 0) is 0 Å². The van der Waals surface area contributed by atoms with Gasteiger partial charge in [-0.3, -0.25) is 9.78 Å². The van der Waals surface area contributed by atoms with E-state index < -0.39 is 0 Å². The average Bonchev–Trinajstić information content (AvgIpc) is 2.29. The van der Waals surface area contributed by atoms with E-state index in [1.807, 2.05) is 0 Å². The predicted molar refractivity (Wildman–Crippen MR) is 55.0 cm³/mol. The topological polar surface area (TPSA) is 30.0 Å². The molecule has 0 saturated carbocycles. The molecule has 0 spiro atoms. The van der Waals surface area contributed by atoms with Crippen LogP contribution in [0.5, 0.6) is 0 Å². The Morgan fingerprint density at radius 1 is 1.13 bits per heavy atom. The number of carbonyl (C=O) groups excluding carboxylic acids is 1. The molecule has 0 aliphatic rings. The summed E-state index contributed by atoms with van der Waals surface area (Å²) in [5.41, 5.74) is 1.91. The third-order valence-electron chi connectivity index (χ3n) is 2.07. The summed E-state index contributed by atoms with van der Waals surface area (Å²) in [4.78, 5) is 14.3. The monoisotopic (exact) mass is 201 g/mol. The molecule has 1 heterocycles. The highest BCUT2D eigenvalue weighted by Crippen LogP contribution is 2.18. The van der Waals surface area contributed by atoms with Crippen molar-refractivity contribution in [2.24, 2.45) is 0 Å². The number of halogens is 1. The lowest BCUT2D eigenvalue weighted by Crippen LogP contribution is -1.87. The normalized spacial score (nSPS) is 9.93. The van der Waals surface area contributed by atoms with Crippen LogP contribution < -0.4 is 0 Å². The summed E-state index contributed by atoms with van der Waals surface area (Å²) >= 11 is 0. The molecular weight excluding hydrogens is 193 g/mol. The molecule has 1 aromatic heterocycles. The largest absolute Gasteiger partial charge is 0.296 e. The maximum atomic E-state index is 12.9. The molecule has 2 nitrogen and oxygen atoms in total. The van der Waals surface area contributed by atoms with Gasteiger partial charge in [-0.1, -0.05) is 18.2 Å². The van der Waals surface area contributed by atoms with Gasteiger partial charge in [0.15, 0.2) is 6.29 Å². The molecule has 15 heavy (non-hydrogen) atoms. The Balaban J connectivity index is 2.41. The fourth-order valence-corrected chi connectivity index (χ4v) is 1.31. The van der Waals surface area contributed by atoms with Crippen molar-refractivity contribution in [1.82, 2.24) is 4.98 Å². The van der Waals surface area contributed by atoms with E-state index >= 15 is 0 Å². The SMILES string of the molecule is O=Cc1ccc(-c2cccc(F)c2)cn1. The highest BCUT2D eigenvalue weighted by molar-refractivity contribution is 5.73. The molecule has 1 aromatic carbocycles. The van der Waals surface area contributed by atoms with Gasteiger partial charge in [0, 0.05) is 11.8 Å². The first kappa shape index (κ1) is 9.52. The second-order valence-electron chi connectivity index (χ2n) is 3.10. The van der Waals surface area contributed by atoms with Crippen molar-refractivity contribution in [2.75, 3.05) is 0 Å². The number of carbonyl (C=O) groups is 1. The molecule has 0 saturated heterocycles. The molecule has 0 unspecified atom stereocenters. The summed E-state index contributed by atoms with van der Waals surface area (Å²) in [5.74, 6) is -0.285. The number of aldehydes is 1. The van der Waals surface area contributed by atoms with Gasteiger partial charge >= 0.3 is 0 Å². The summed E-state index contributed by atoms with van der Waals surface area (Å²) in [5, 5.41) is 0. The zero-order valence-corrected chi connectivity index (χ0v) is 7.85. The molecule has 3 heteroatoms. The van der Waals surface area contributed by atoms with E-state index in [-0.39, 0.29) is 5.82 Å². The highest BCUT2D eigenvalue weighted by Gasteiger charge is 1.99. The van der Waals surface area contributed by atoms with Gasteiger partial charge < -0.3 is 0 Å². The second kappa shape index (κ2) is 4.00. The summed E-state index contributed by atoms with van der Waals surface area (Å²) in [6, 6.07) is 9.59. The molecule has 74 valence electrons. The molecule has 0 bridgehead atoms. The van der Waals surface area contributed by atoms with Crippen molar-refractivity contribution >= 4 is 6.29 Å². The first-order chi connectivity index (χ1) is 7.29. The summed E-state index contributed by atoms with van der Waals surface area (Å²) in [6.07, 6.45) is 2.23. The standard InChI is InChI=1S/C12H8FNO/c13-11-3-1-2-9(6-11)10-4-5-12(8-15)14-7-10/h1-8H. The molecule has 0 aliphatic heterocycles. The first-order valence-electron chi connectivity index (χ1n) is 4.47. The van der Waals surface area contributed by atoms with Gasteiger partial charge in [-0.15, -0.1) is 0 Å². The third-order valence-corrected chi connectivity index (χ3v) is 2.07. The minimum absolute atomic E-state index is 0.285. The lowest BCUT2D eigenvalue weighted by Gasteiger charge is -2.00. The Labute approximate surface area is 86.4 Å². The number of hydrogen-bond donors (Lipinski definition) is 0. The van der Waals surface area contributed by atoms with Crippen molar-refractivity contribution in [2.45, 2.75) is 0 Å². The van der Waals surface area contributed by atoms with Crippen molar-refractivity contribution < 1.29 is 9.18 Å². The van der Waals surface area contributed by atoms with Crippen LogP contribution in [-0.4, -0.2) is 11.3 Å². The highest BCUT2D eigenvalue weighted by atomic mass is 19.1. The number of pyridine rings is 1. The van der Waals surface area contributed by atoms with Crippen LogP contribution >= 0.6 is 0 Å². The molecule has 2 rings (SSSR count). The fourth-order valence-electron chi connectivity index (χ4n) is 1.31. The molecular formula is C12H8FNO. The van der Waals surface area contributed by atoms with Gasteiger partial charge in [0.1, 0.15) is 11.5 Å². The number of aromatic nitrogens is 1. The smallest absolute Gasteiger partial charge is 0.168 e. The van der Waals surface area contributed by atoms with Crippen LogP contribution in [0, 0.1) is 5.82 Å². The van der Waals surface area contributed by atoms with Crippen LogP contribution in [0.25, 0.3) is 11.1 Å². The maximum absolute atomic E-state index is 12.9. The minimum Gasteiger partial charge on any atom is -0.296 e. The van der Waals surface area contributed by atoms with Gasteiger partial charge in [-0.05, 0) is 23.8 Å². The zero-order chi connectivity index (χ0) is 10.7. The fraction of sp³-hybridized carbons (Fsp3) is 0. The van der Waals surface area contributed by atoms with Gasteiger partial charge in [0.05, 0.1) is 0 Å². The van der Waals surface area contributed by atoms with Crippen LogP contribution in [0.1, 0.15) is 10.5 Å². The van der Waals surface area contributed by atoms with E-state index in [9.17, 15) is 9.18 Å². The molecule has 0 aliphatic carbocycles. The van der Waals surface area contributed by atoms with Crippen molar-refractivity contribution in [3.8, 4) is 11.1 Å². The predicted octanol–water partition coefficient (Wildman–Crippen LogP) is 2.70. The number of hydrogen-bond acceptors (Lipinski definition) is 2. The molecule has 2 aromatic rings. The van der Waals surface area contributed by atoms with Gasteiger partial charge in [0.25, 0.3) is 0 Å². The van der Waals surface area contributed by atoms with E-state index in [2.05, 4.69) is 4.98 Å². The summed E-state index contributed by atoms with van der Waals surface area (Å²) in [7, 11) is 0. The Morgan fingerprint density at radius 2 is 2.00 bits per heavy atom. The van der Waals surface area contributed by atoms with Crippen LogP contribution in [0.15, 0.2) is 42.6 Å². The summed E-state index contributed by atoms with van der Waals surface area (Å²) in [6.45, 7) is 0. The van der Waals surface area contributed by atoms with Crippen molar-refractivity contribution in [3.05, 3.63) is 54.1 Å². The molecule has 0 atom stereocenters. The van der Waals surface area contributed by atoms with E-state index in [1.165, 1.54) is 12.1 Å². The third kappa shape index (κ3) is 2.07. The molecule has 0 amide bonds. The van der Waals surface area contributed by atoms with E-state index in [4.69, 9.17) is 0 Å². The van der Waals surface area contributed by atoms with Gasteiger partial charge in [-0.25, -0.2) is 4.39 Å². The van der Waals surface area contributed by atoms with Crippen LogP contribution in [0.2, 0.25) is 0 Å². The number of benzene rings is 1. The number of nitrogens with zero attached hydrogens (tertiary/aromatic N) is 1. The van der Waals surface area contributed by atoms with E-state index in [0.29, 0.717) is 12.0 Å². The van der Waals surface area contributed by atoms with E-state index in [1.54, 1.807) is 30.5 Å². The lowest BCUT2D eigenvalue weighted by atomic mass is 10.1. The van der Waals surface area contributed by atoms with Crippen LogP contribution in [0.4, 0.5) is 4.39 Å². The quantitative estimate of drug-likeness (QED) is 0.699. The average molecular weight is 201 g/mol. The number of rotatable bonds is 2. The minimum atomic E-state index is -0.285. The maximum Gasteiger partial charge on any atom is 0.168 e.